The largest absolute Gasteiger partial charge is 0.353 e. The van der Waals surface area contributed by atoms with E-state index in [4.69, 9.17) is 17.3 Å². The van der Waals surface area contributed by atoms with E-state index in [0.717, 1.165) is 31.0 Å². The van der Waals surface area contributed by atoms with Gasteiger partial charge in [0.1, 0.15) is 0 Å². The summed E-state index contributed by atoms with van der Waals surface area (Å²) < 4.78 is 1.98. The van der Waals surface area contributed by atoms with Gasteiger partial charge in [0, 0.05) is 32.7 Å². The average Bonchev–Trinajstić information content (AvgIpc) is 3.07. The Kier molecular flexibility index (Phi) is 6.21. The molecule has 2 heterocycles. The molecule has 0 aliphatic heterocycles. The lowest BCUT2D eigenvalue weighted by Crippen LogP contribution is -2.27. The predicted molar refractivity (Wildman–Crippen MR) is 106 cm³/mol. The summed E-state index contributed by atoms with van der Waals surface area (Å²) in [7, 11) is 0. The molecule has 0 aliphatic carbocycles. The Labute approximate surface area is 157 Å². The third-order valence-electron chi connectivity index (χ3n) is 3.84. The molecule has 8 nitrogen and oxygen atoms in total. The number of imidazole rings is 1. The second-order valence-corrected chi connectivity index (χ2v) is 6.08. The molecule has 0 saturated heterocycles. The maximum atomic E-state index is 6.26. The van der Waals surface area contributed by atoms with Crippen LogP contribution in [0, 0.1) is 0 Å². The molecule has 0 atom stereocenters. The smallest absolute Gasteiger partial charge is 0.226 e. The number of hydrogen-bond acceptors (Lipinski definition) is 7. The molecule has 2 aromatic heterocycles. The molecular formula is C17H23ClN8. The molecule has 0 fully saturated rings. The van der Waals surface area contributed by atoms with Crippen molar-refractivity contribution in [2.75, 3.05) is 36.8 Å². The lowest BCUT2D eigenvalue weighted by atomic mass is 10.3. The summed E-state index contributed by atoms with van der Waals surface area (Å²) in [6, 6.07) is 7.53. The van der Waals surface area contributed by atoms with Crippen molar-refractivity contribution in [3.63, 3.8) is 0 Å². The summed E-state index contributed by atoms with van der Waals surface area (Å²) in [5.74, 6) is 1.16. The molecule has 0 bridgehead atoms. The first-order valence-electron chi connectivity index (χ1n) is 8.62. The van der Waals surface area contributed by atoms with E-state index in [9.17, 15) is 0 Å². The topological polar surface area (TPSA) is 106 Å². The monoisotopic (exact) mass is 374 g/mol. The Balaban J connectivity index is 1.88. The van der Waals surface area contributed by atoms with Crippen LogP contribution in [0.4, 0.5) is 17.5 Å². The number of aromatic nitrogens is 4. The van der Waals surface area contributed by atoms with Crippen LogP contribution in [0.1, 0.15) is 6.92 Å². The average molecular weight is 375 g/mol. The van der Waals surface area contributed by atoms with Crippen molar-refractivity contribution in [1.82, 2.24) is 24.8 Å². The zero-order valence-electron chi connectivity index (χ0n) is 14.7. The van der Waals surface area contributed by atoms with Crippen molar-refractivity contribution in [3.05, 3.63) is 35.6 Å². The molecule has 9 heteroatoms. The van der Waals surface area contributed by atoms with E-state index in [2.05, 4.69) is 30.9 Å². The van der Waals surface area contributed by atoms with Crippen LogP contribution in [0.5, 0.6) is 0 Å². The van der Waals surface area contributed by atoms with E-state index < -0.39 is 0 Å². The van der Waals surface area contributed by atoms with Crippen LogP contribution in [0.25, 0.3) is 11.2 Å². The molecule has 0 spiro atoms. The number of benzene rings is 1. The number of nitrogens with two attached hydrogens (primary N) is 1. The molecule has 138 valence electrons. The van der Waals surface area contributed by atoms with Crippen molar-refractivity contribution in [2.45, 2.75) is 13.5 Å². The van der Waals surface area contributed by atoms with Gasteiger partial charge in [-0.3, -0.25) is 0 Å². The summed E-state index contributed by atoms with van der Waals surface area (Å²) in [5.41, 5.74) is 7.73. The van der Waals surface area contributed by atoms with Crippen molar-refractivity contribution in [2.24, 2.45) is 5.73 Å². The zero-order chi connectivity index (χ0) is 18.4. The number of fused-ring (bicyclic) bond motifs is 1. The molecule has 5 N–H and O–H groups in total. The van der Waals surface area contributed by atoms with Gasteiger partial charge in [-0.2, -0.15) is 9.97 Å². The Morgan fingerprint density at radius 2 is 2.00 bits per heavy atom. The third-order valence-corrected chi connectivity index (χ3v) is 4.17. The highest BCUT2D eigenvalue weighted by molar-refractivity contribution is 6.33. The van der Waals surface area contributed by atoms with Gasteiger partial charge in [0.2, 0.25) is 5.95 Å². The van der Waals surface area contributed by atoms with Gasteiger partial charge in [-0.25, -0.2) is 4.98 Å². The molecular weight excluding hydrogens is 352 g/mol. The first kappa shape index (κ1) is 18.4. The van der Waals surface area contributed by atoms with Gasteiger partial charge in [0.15, 0.2) is 17.0 Å². The van der Waals surface area contributed by atoms with Gasteiger partial charge in [0.25, 0.3) is 0 Å². The number of nitrogens with one attached hydrogen (secondary N) is 3. The Morgan fingerprint density at radius 3 is 2.77 bits per heavy atom. The van der Waals surface area contributed by atoms with E-state index in [1.54, 1.807) is 6.33 Å². The number of hydrogen-bond donors (Lipinski definition) is 4. The van der Waals surface area contributed by atoms with Gasteiger partial charge < -0.3 is 26.3 Å². The number of nitrogens with zero attached hydrogens (tertiary/aromatic N) is 4. The quantitative estimate of drug-likeness (QED) is 0.425. The van der Waals surface area contributed by atoms with Gasteiger partial charge in [0.05, 0.1) is 17.0 Å². The van der Waals surface area contributed by atoms with Crippen LogP contribution < -0.4 is 21.7 Å². The maximum Gasteiger partial charge on any atom is 0.226 e. The molecule has 0 amide bonds. The van der Waals surface area contributed by atoms with E-state index in [-0.39, 0.29) is 0 Å². The number of anilines is 3. The minimum Gasteiger partial charge on any atom is -0.353 e. The molecule has 0 radical (unpaired) electrons. The Morgan fingerprint density at radius 1 is 1.15 bits per heavy atom. The van der Waals surface area contributed by atoms with Gasteiger partial charge in [-0.15, -0.1) is 0 Å². The fourth-order valence-electron chi connectivity index (χ4n) is 2.52. The summed E-state index contributed by atoms with van der Waals surface area (Å²) in [6.07, 6.45) is 1.77. The van der Waals surface area contributed by atoms with Crippen molar-refractivity contribution in [3.8, 4) is 0 Å². The van der Waals surface area contributed by atoms with E-state index >= 15 is 0 Å². The fourth-order valence-corrected chi connectivity index (χ4v) is 2.70. The predicted octanol–water partition coefficient (Wildman–Crippen LogP) is 2.20. The molecule has 0 saturated carbocycles. The normalized spacial score (nSPS) is 11.0. The van der Waals surface area contributed by atoms with E-state index in [0.29, 0.717) is 35.4 Å². The second kappa shape index (κ2) is 8.79. The summed E-state index contributed by atoms with van der Waals surface area (Å²) in [4.78, 5) is 13.6. The van der Waals surface area contributed by atoms with Crippen LogP contribution in [0.2, 0.25) is 5.02 Å². The van der Waals surface area contributed by atoms with Crippen molar-refractivity contribution in [1.29, 1.82) is 0 Å². The lowest BCUT2D eigenvalue weighted by molar-refractivity contribution is 0.705. The first-order chi connectivity index (χ1) is 12.7. The first-order valence-corrected chi connectivity index (χ1v) is 8.99. The summed E-state index contributed by atoms with van der Waals surface area (Å²) in [6.45, 7) is 5.69. The number of para-hydroxylation sites is 1. The van der Waals surface area contributed by atoms with Crippen molar-refractivity contribution < 1.29 is 0 Å². The zero-order valence-corrected chi connectivity index (χ0v) is 15.4. The number of aryl methyl sites for hydroxylation is 1. The third kappa shape index (κ3) is 4.21. The molecule has 26 heavy (non-hydrogen) atoms. The highest BCUT2D eigenvalue weighted by atomic mass is 35.5. The highest BCUT2D eigenvalue weighted by Gasteiger charge is 2.14. The summed E-state index contributed by atoms with van der Waals surface area (Å²) >= 11 is 6.26. The molecule has 0 unspecified atom stereocenters. The fraction of sp³-hybridized carbons (Fsp3) is 0.353. The molecule has 0 aliphatic rings. The minimum atomic E-state index is 0.539. The standard InChI is InChI=1S/C17H23ClN8/c1-2-26-11-22-14-15(23-13-6-4-3-5-12(13)18)24-17(25-16(14)26)21-10-9-20-8-7-19/h3-6,11,20H,2,7-10,19H2,1H3,(H2,21,23,24,25). The molecule has 1 aromatic carbocycles. The number of halogens is 1. The van der Waals surface area contributed by atoms with Crippen LogP contribution >= 0.6 is 11.6 Å². The maximum absolute atomic E-state index is 6.26. The second-order valence-electron chi connectivity index (χ2n) is 5.67. The van der Waals surface area contributed by atoms with Crippen molar-refractivity contribution >= 4 is 40.2 Å². The molecule has 3 aromatic rings. The highest BCUT2D eigenvalue weighted by Crippen LogP contribution is 2.28. The van der Waals surface area contributed by atoms with Crippen LogP contribution in [0.15, 0.2) is 30.6 Å². The van der Waals surface area contributed by atoms with Crippen LogP contribution in [0.3, 0.4) is 0 Å². The Hall–Kier alpha value is -2.42. The van der Waals surface area contributed by atoms with Gasteiger partial charge >= 0.3 is 0 Å². The van der Waals surface area contributed by atoms with Gasteiger partial charge in [-0.1, -0.05) is 23.7 Å². The van der Waals surface area contributed by atoms with E-state index in [1.807, 2.05) is 35.8 Å². The summed E-state index contributed by atoms with van der Waals surface area (Å²) in [5, 5.41) is 10.4. The minimum absolute atomic E-state index is 0.539. The van der Waals surface area contributed by atoms with Crippen LogP contribution in [-0.4, -0.2) is 45.7 Å². The Bertz CT molecular complexity index is 863. The molecule has 3 rings (SSSR count). The SMILES string of the molecule is CCn1cnc2c(Nc3ccccc3Cl)nc(NCCNCCN)nc21. The van der Waals surface area contributed by atoms with E-state index in [1.165, 1.54) is 0 Å². The lowest BCUT2D eigenvalue weighted by Gasteiger charge is -2.11. The number of rotatable bonds is 9. The van der Waals surface area contributed by atoms with Crippen LogP contribution in [-0.2, 0) is 6.54 Å². The van der Waals surface area contributed by atoms with Gasteiger partial charge in [-0.05, 0) is 19.1 Å².